The lowest BCUT2D eigenvalue weighted by molar-refractivity contribution is -0.220. The van der Waals surface area contributed by atoms with Gasteiger partial charge in [0.25, 0.3) is 0 Å². The number of hydrogen-bond donors (Lipinski definition) is 0. The molecule has 1 unspecified atom stereocenters. The van der Waals surface area contributed by atoms with Crippen LogP contribution in [0.1, 0.15) is 52.9 Å². The number of carbonyl (C=O) groups is 2. The Bertz CT molecular complexity index is 383. The third-order valence-electron chi connectivity index (χ3n) is 3.26. The summed E-state index contributed by atoms with van der Waals surface area (Å²) in [5, 5.41) is -0.592. The zero-order valence-corrected chi connectivity index (χ0v) is 15.3. The highest BCUT2D eigenvalue weighted by Crippen LogP contribution is 2.28. The molecule has 0 rings (SSSR count). The van der Waals surface area contributed by atoms with Gasteiger partial charge in [-0.05, 0) is 20.3 Å². The Hall–Kier alpha value is -0.790. The first-order chi connectivity index (χ1) is 10.6. The molecule has 0 aliphatic carbocycles. The van der Waals surface area contributed by atoms with Gasteiger partial charge in [0.1, 0.15) is 0 Å². The number of halogens is 4. The first kappa shape index (κ1) is 22.2. The molecule has 23 heavy (non-hydrogen) atoms. The van der Waals surface area contributed by atoms with Crippen LogP contribution in [0.5, 0.6) is 0 Å². The Morgan fingerprint density at radius 1 is 1.04 bits per heavy atom. The minimum absolute atomic E-state index is 0.139. The summed E-state index contributed by atoms with van der Waals surface area (Å²) in [4.78, 5) is 23.8. The molecule has 0 aromatic carbocycles. The molecule has 0 aliphatic heterocycles. The molecule has 0 aliphatic rings. The molecule has 0 aromatic rings. The van der Waals surface area contributed by atoms with Crippen molar-refractivity contribution in [2.75, 3.05) is 11.9 Å². The summed E-state index contributed by atoms with van der Waals surface area (Å²) in [5.41, 5.74) is -1.78. The van der Waals surface area contributed by atoms with Gasteiger partial charge in [0.05, 0.1) is 6.61 Å². The van der Waals surface area contributed by atoms with Crippen LogP contribution < -0.4 is 0 Å². The van der Waals surface area contributed by atoms with Crippen LogP contribution in [-0.2, 0) is 19.1 Å². The van der Waals surface area contributed by atoms with Crippen LogP contribution in [0.15, 0.2) is 0 Å². The number of esters is 2. The van der Waals surface area contributed by atoms with Crippen molar-refractivity contribution in [2.24, 2.45) is 5.41 Å². The largest absolute Gasteiger partial charge is 0.465 e. The Morgan fingerprint density at radius 2 is 1.61 bits per heavy atom. The normalized spacial score (nSPS) is 13.5. The average molecular weight is 405 g/mol. The van der Waals surface area contributed by atoms with Gasteiger partial charge in [-0.3, -0.25) is 9.59 Å². The fraction of sp³-hybridized carbons (Fsp3) is 0.867. The van der Waals surface area contributed by atoms with Crippen molar-refractivity contribution in [3.63, 3.8) is 0 Å². The van der Waals surface area contributed by atoms with Gasteiger partial charge in [-0.15, -0.1) is 0 Å². The van der Waals surface area contributed by atoms with E-state index in [1.165, 1.54) is 13.8 Å². The van der Waals surface area contributed by atoms with E-state index in [-0.39, 0.29) is 6.61 Å². The molecule has 0 radical (unpaired) electrons. The molecule has 136 valence electrons. The van der Waals surface area contributed by atoms with Crippen LogP contribution >= 0.6 is 15.9 Å². The number of ether oxygens (including phenoxy) is 2. The van der Waals surface area contributed by atoms with E-state index >= 15 is 0 Å². The maximum Gasteiger partial charge on any atom is 0.426 e. The van der Waals surface area contributed by atoms with E-state index in [0.29, 0.717) is 6.42 Å². The molecule has 0 fully saturated rings. The molecule has 0 heterocycles. The maximum absolute atomic E-state index is 12.6. The van der Waals surface area contributed by atoms with Crippen molar-refractivity contribution in [2.45, 2.75) is 65.2 Å². The van der Waals surface area contributed by atoms with Crippen molar-refractivity contribution in [3.8, 4) is 0 Å². The van der Waals surface area contributed by atoms with E-state index in [1.54, 1.807) is 0 Å². The van der Waals surface area contributed by atoms with Crippen LogP contribution in [0.25, 0.3) is 0 Å². The van der Waals surface area contributed by atoms with Crippen molar-refractivity contribution >= 4 is 27.9 Å². The van der Waals surface area contributed by atoms with Gasteiger partial charge in [-0.1, -0.05) is 48.5 Å². The van der Waals surface area contributed by atoms with E-state index in [0.717, 1.165) is 25.7 Å². The minimum Gasteiger partial charge on any atom is -0.465 e. The molecule has 0 N–H and O–H groups in total. The fourth-order valence-electron chi connectivity index (χ4n) is 1.60. The smallest absolute Gasteiger partial charge is 0.426 e. The fourth-order valence-corrected chi connectivity index (χ4v) is 2.10. The van der Waals surface area contributed by atoms with Gasteiger partial charge in [-0.25, -0.2) is 0 Å². The summed E-state index contributed by atoms with van der Waals surface area (Å²) >= 11 is 2.64. The molecule has 1 atom stereocenters. The number of alkyl halides is 4. The average Bonchev–Trinajstić information content (AvgIpc) is 2.46. The highest BCUT2D eigenvalue weighted by molar-refractivity contribution is 9.09. The van der Waals surface area contributed by atoms with E-state index < -0.39 is 35.0 Å². The Balaban J connectivity index is 4.42. The standard InChI is InChI=1S/C15H24BrF3O4/c1-4-5-6-7-8-9-22-12(20)14(2,3)13(21)23-11(10-16)15(17,18)19/h11H,4-10H2,1-3H3. The quantitative estimate of drug-likeness (QED) is 0.234. The summed E-state index contributed by atoms with van der Waals surface area (Å²) in [5.74, 6) is -2.14. The predicted molar refractivity (Wildman–Crippen MR) is 83.2 cm³/mol. The summed E-state index contributed by atoms with van der Waals surface area (Å²) in [7, 11) is 0. The second-order valence-electron chi connectivity index (χ2n) is 5.76. The van der Waals surface area contributed by atoms with Crippen molar-refractivity contribution in [3.05, 3.63) is 0 Å². The van der Waals surface area contributed by atoms with Crippen molar-refractivity contribution in [1.82, 2.24) is 0 Å². The summed E-state index contributed by atoms with van der Waals surface area (Å²) in [6.07, 6.45) is -2.23. The van der Waals surface area contributed by atoms with Gasteiger partial charge >= 0.3 is 18.1 Å². The maximum atomic E-state index is 12.6. The molecular weight excluding hydrogens is 381 g/mol. The Morgan fingerprint density at radius 3 is 2.09 bits per heavy atom. The molecule has 4 nitrogen and oxygen atoms in total. The van der Waals surface area contributed by atoms with Crippen LogP contribution in [0.2, 0.25) is 0 Å². The third-order valence-corrected chi connectivity index (χ3v) is 3.84. The molecule has 0 bridgehead atoms. The molecule has 8 heteroatoms. The van der Waals surface area contributed by atoms with Crippen LogP contribution in [0, 0.1) is 5.41 Å². The number of hydrogen-bond acceptors (Lipinski definition) is 4. The lowest BCUT2D eigenvalue weighted by Crippen LogP contribution is -2.43. The Kier molecular flexibility index (Phi) is 9.80. The Labute approximate surface area is 143 Å². The monoisotopic (exact) mass is 404 g/mol. The van der Waals surface area contributed by atoms with Gasteiger partial charge in [0, 0.05) is 5.33 Å². The van der Waals surface area contributed by atoms with E-state index in [1.807, 2.05) is 0 Å². The molecule has 0 aromatic heterocycles. The number of carbonyl (C=O) groups excluding carboxylic acids is 2. The van der Waals surface area contributed by atoms with Crippen LogP contribution in [0.3, 0.4) is 0 Å². The molecular formula is C15H24BrF3O4. The molecule has 0 amide bonds. The van der Waals surface area contributed by atoms with Crippen molar-refractivity contribution in [1.29, 1.82) is 0 Å². The lowest BCUT2D eigenvalue weighted by Gasteiger charge is -2.25. The highest BCUT2D eigenvalue weighted by atomic mass is 79.9. The first-order valence-corrected chi connectivity index (χ1v) is 8.70. The van der Waals surface area contributed by atoms with Crippen LogP contribution in [-0.4, -0.2) is 36.2 Å². The lowest BCUT2D eigenvalue weighted by atomic mass is 9.94. The summed E-state index contributed by atoms with van der Waals surface area (Å²) in [6, 6.07) is 0. The van der Waals surface area contributed by atoms with Crippen LogP contribution in [0.4, 0.5) is 13.2 Å². The van der Waals surface area contributed by atoms with E-state index in [9.17, 15) is 22.8 Å². The molecule has 0 saturated heterocycles. The SMILES string of the molecule is CCCCCCCOC(=O)C(C)(C)C(=O)OC(CBr)C(F)(F)F. The minimum atomic E-state index is -4.70. The second kappa shape index (κ2) is 10.2. The van der Waals surface area contributed by atoms with E-state index in [4.69, 9.17) is 4.74 Å². The van der Waals surface area contributed by atoms with Gasteiger partial charge < -0.3 is 9.47 Å². The number of rotatable bonds is 10. The molecule has 0 saturated carbocycles. The summed E-state index contributed by atoms with van der Waals surface area (Å²) in [6.45, 7) is 4.60. The summed E-state index contributed by atoms with van der Waals surface area (Å²) < 4.78 is 47.2. The van der Waals surface area contributed by atoms with Gasteiger partial charge in [0.15, 0.2) is 5.41 Å². The first-order valence-electron chi connectivity index (χ1n) is 7.58. The zero-order chi connectivity index (χ0) is 18.1. The highest BCUT2D eigenvalue weighted by Gasteiger charge is 2.47. The van der Waals surface area contributed by atoms with Gasteiger partial charge in [-0.2, -0.15) is 13.2 Å². The number of unbranched alkanes of at least 4 members (excludes halogenated alkanes) is 4. The van der Waals surface area contributed by atoms with Gasteiger partial charge in [0.2, 0.25) is 6.10 Å². The van der Waals surface area contributed by atoms with E-state index in [2.05, 4.69) is 27.6 Å². The topological polar surface area (TPSA) is 52.6 Å². The second-order valence-corrected chi connectivity index (χ2v) is 6.41. The molecule has 0 spiro atoms. The van der Waals surface area contributed by atoms with Crippen molar-refractivity contribution < 1.29 is 32.2 Å². The predicted octanol–water partition coefficient (Wildman–Crippen LogP) is 4.40. The third kappa shape index (κ3) is 8.04. The zero-order valence-electron chi connectivity index (χ0n) is 13.7.